The number of hydrogen-bond acceptors (Lipinski definition) is 4. The van der Waals surface area contributed by atoms with Crippen LogP contribution in [0.4, 0.5) is 0 Å². The van der Waals surface area contributed by atoms with Gasteiger partial charge < -0.3 is 15.2 Å². The van der Waals surface area contributed by atoms with Gasteiger partial charge in [0, 0.05) is 45.1 Å². The zero-order chi connectivity index (χ0) is 14.8. The Hall–Kier alpha value is -0.910. The molecule has 0 aliphatic heterocycles. The number of aryl methyl sites for hydroxylation is 1. The molecule has 5 nitrogen and oxygen atoms in total. The molecule has 1 unspecified atom stereocenters. The minimum Gasteiger partial charge on any atom is -0.389 e. The first-order valence-corrected chi connectivity index (χ1v) is 7.53. The second kappa shape index (κ2) is 9.91. The molecule has 116 valence electrons. The van der Waals surface area contributed by atoms with E-state index in [4.69, 9.17) is 4.74 Å². The van der Waals surface area contributed by atoms with E-state index in [9.17, 15) is 5.11 Å². The van der Waals surface area contributed by atoms with Crippen molar-refractivity contribution in [3.05, 3.63) is 18.0 Å². The third-order valence-corrected chi connectivity index (χ3v) is 3.24. The molecular weight excluding hydrogens is 254 g/mol. The third kappa shape index (κ3) is 7.62. The highest BCUT2D eigenvalue weighted by Crippen LogP contribution is 2.03. The first-order chi connectivity index (χ1) is 9.59. The Bertz CT molecular complexity index is 353. The van der Waals surface area contributed by atoms with Gasteiger partial charge in [-0.1, -0.05) is 13.8 Å². The van der Waals surface area contributed by atoms with Crippen molar-refractivity contribution in [3.63, 3.8) is 0 Å². The Kier molecular flexibility index (Phi) is 8.49. The number of nitrogens with one attached hydrogen (secondary N) is 1. The van der Waals surface area contributed by atoms with E-state index in [0.717, 1.165) is 31.9 Å². The maximum Gasteiger partial charge on any atom is 0.0897 e. The van der Waals surface area contributed by atoms with Crippen LogP contribution in [-0.4, -0.2) is 47.3 Å². The van der Waals surface area contributed by atoms with Crippen LogP contribution in [0.5, 0.6) is 0 Å². The van der Waals surface area contributed by atoms with Gasteiger partial charge >= 0.3 is 0 Å². The van der Waals surface area contributed by atoms with E-state index in [-0.39, 0.29) is 0 Å². The average Bonchev–Trinajstić information content (AvgIpc) is 2.79. The molecule has 5 heteroatoms. The molecule has 1 heterocycles. The number of ether oxygens (including phenoxy) is 1. The van der Waals surface area contributed by atoms with Crippen molar-refractivity contribution in [2.75, 3.05) is 26.3 Å². The van der Waals surface area contributed by atoms with Gasteiger partial charge in [-0.3, -0.25) is 4.68 Å². The van der Waals surface area contributed by atoms with E-state index < -0.39 is 6.10 Å². The van der Waals surface area contributed by atoms with Crippen molar-refractivity contribution >= 4 is 0 Å². The molecule has 0 aromatic carbocycles. The molecular formula is C15H29N3O2. The fourth-order valence-electron chi connectivity index (χ4n) is 2.00. The fraction of sp³-hybridized carbons (Fsp3) is 0.800. The van der Waals surface area contributed by atoms with Gasteiger partial charge in [0.25, 0.3) is 0 Å². The summed E-state index contributed by atoms with van der Waals surface area (Å²) in [4.78, 5) is 0. The van der Waals surface area contributed by atoms with Gasteiger partial charge in [-0.15, -0.1) is 0 Å². The Labute approximate surface area is 122 Å². The van der Waals surface area contributed by atoms with Crippen molar-refractivity contribution in [2.45, 2.75) is 39.2 Å². The van der Waals surface area contributed by atoms with Gasteiger partial charge in [-0.05, 0) is 24.8 Å². The Morgan fingerprint density at radius 2 is 2.25 bits per heavy atom. The maximum atomic E-state index is 9.76. The maximum absolute atomic E-state index is 9.76. The van der Waals surface area contributed by atoms with Gasteiger partial charge in [0.2, 0.25) is 0 Å². The lowest BCUT2D eigenvalue weighted by molar-refractivity contribution is 0.0349. The van der Waals surface area contributed by atoms with Gasteiger partial charge in [-0.2, -0.15) is 5.10 Å². The Balaban J connectivity index is 1.95. The number of aliphatic hydroxyl groups is 1. The molecule has 0 aliphatic rings. The van der Waals surface area contributed by atoms with E-state index in [0.29, 0.717) is 13.2 Å². The number of nitrogens with zero attached hydrogens (tertiary/aromatic N) is 2. The first-order valence-electron chi connectivity index (χ1n) is 7.53. The van der Waals surface area contributed by atoms with Crippen molar-refractivity contribution in [1.82, 2.24) is 15.1 Å². The van der Waals surface area contributed by atoms with Gasteiger partial charge in [0.15, 0.2) is 0 Å². The number of hydrogen-bond donors (Lipinski definition) is 2. The molecule has 0 fully saturated rings. The van der Waals surface area contributed by atoms with Crippen LogP contribution in [0, 0.1) is 5.92 Å². The molecule has 0 radical (unpaired) electrons. The summed E-state index contributed by atoms with van der Waals surface area (Å²) in [6, 6.07) is 2.01. The van der Waals surface area contributed by atoms with Crippen molar-refractivity contribution in [2.24, 2.45) is 13.0 Å². The molecule has 1 aromatic rings. The molecule has 20 heavy (non-hydrogen) atoms. The average molecular weight is 283 g/mol. The second-order valence-corrected chi connectivity index (χ2v) is 5.67. The zero-order valence-corrected chi connectivity index (χ0v) is 13.0. The predicted molar refractivity (Wildman–Crippen MR) is 80.7 cm³/mol. The van der Waals surface area contributed by atoms with Crippen LogP contribution in [0.25, 0.3) is 0 Å². The number of aliphatic hydroxyl groups excluding tert-OH is 1. The largest absolute Gasteiger partial charge is 0.389 e. The Morgan fingerprint density at radius 1 is 1.45 bits per heavy atom. The third-order valence-electron chi connectivity index (χ3n) is 3.24. The van der Waals surface area contributed by atoms with Crippen LogP contribution in [-0.2, 0) is 18.2 Å². The van der Waals surface area contributed by atoms with Crippen molar-refractivity contribution < 1.29 is 9.84 Å². The lowest BCUT2D eigenvalue weighted by Crippen LogP contribution is -2.32. The standard InChI is InChI=1S/C15H29N3O2/c1-13(2)5-4-10-20-12-15(19)11-16-8-6-14-7-9-17-18(14)3/h7,9,13,15-16,19H,4-6,8,10-12H2,1-3H3. The summed E-state index contributed by atoms with van der Waals surface area (Å²) in [6.07, 6.45) is 4.53. The SMILES string of the molecule is CC(C)CCCOCC(O)CNCCc1ccnn1C. The van der Waals surface area contributed by atoms with E-state index in [1.165, 1.54) is 12.1 Å². The normalized spacial score (nSPS) is 13.1. The minimum atomic E-state index is -0.430. The molecule has 0 bridgehead atoms. The zero-order valence-electron chi connectivity index (χ0n) is 13.0. The molecule has 1 rings (SSSR count). The monoisotopic (exact) mass is 283 g/mol. The predicted octanol–water partition coefficient (Wildman–Crippen LogP) is 1.37. The highest BCUT2D eigenvalue weighted by molar-refractivity contribution is 5.00. The van der Waals surface area contributed by atoms with Crippen LogP contribution in [0.3, 0.4) is 0 Å². The van der Waals surface area contributed by atoms with Crippen molar-refractivity contribution in [1.29, 1.82) is 0 Å². The molecule has 0 saturated heterocycles. The van der Waals surface area contributed by atoms with E-state index in [1.54, 1.807) is 6.20 Å². The highest BCUT2D eigenvalue weighted by Gasteiger charge is 2.04. The molecule has 0 spiro atoms. The summed E-state index contributed by atoms with van der Waals surface area (Å²) in [5.41, 5.74) is 1.19. The fourth-order valence-corrected chi connectivity index (χ4v) is 2.00. The minimum absolute atomic E-state index is 0.413. The van der Waals surface area contributed by atoms with Gasteiger partial charge in [0.05, 0.1) is 12.7 Å². The van der Waals surface area contributed by atoms with Crippen molar-refractivity contribution in [3.8, 4) is 0 Å². The van der Waals surface area contributed by atoms with Crippen LogP contribution in [0.1, 0.15) is 32.4 Å². The van der Waals surface area contributed by atoms with E-state index in [2.05, 4.69) is 24.3 Å². The van der Waals surface area contributed by atoms with E-state index >= 15 is 0 Å². The van der Waals surface area contributed by atoms with E-state index in [1.807, 2.05) is 17.8 Å². The summed E-state index contributed by atoms with van der Waals surface area (Å²) in [7, 11) is 1.94. The summed E-state index contributed by atoms with van der Waals surface area (Å²) < 4.78 is 7.33. The van der Waals surface area contributed by atoms with Gasteiger partial charge in [0.1, 0.15) is 0 Å². The summed E-state index contributed by atoms with van der Waals surface area (Å²) >= 11 is 0. The van der Waals surface area contributed by atoms with Crippen LogP contribution < -0.4 is 5.32 Å². The summed E-state index contributed by atoms with van der Waals surface area (Å²) in [5.74, 6) is 0.720. The lowest BCUT2D eigenvalue weighted by Gasteiger charge is -2.13. The highest BCUT2D eigenvalue weighted by atomic mass is 16.5. The molecule has 2 N–H and O–H groups in total. The van der Waals surface area contributed by atoms with Crippen LogP contribution in [0.2, 0.25) is 0 Å². The van der Waals surface area contributed by atoms with Crippen LogP contribution >= 0.6 is 0 Å². The lowest BCUT2D eigenvalue weighted by atomic mass is 10.1. The molecule has 1 atom stereocenters. The smallest absolute Gasteiger partial charge is 0.0897 e. The summed E-state index contributed by atoms with van der Waals surface area (Å²) in [5, 5.41) is 17.1. The number of rotatable bonds is 11. The number of aromatic nitrogens is 2. The molecule has 1 aromatic heterocycles. The topological polar surface area (TPSA) is 59.3 Å². The quantitative estimate of drug-likeness (QED) is 0.602. The molecule has 0 saturated carbocycles. The summed E-state index contributed by atoms with van der Waals surface area (Å²) in [6.45, 7) is 6.98. The molecule has 0 aliphatic carbocycles. The van der Waals surface area contributed by atoms with Gasteiger partial charge in [-0.25, -0.2) is 0 Å². The first kappa shape index (κ1) is 17.1. The molecule has 0 amide bonds. The second-order valence-electron chi connectivity index (χ2n) is 5.67. The Morgan fingerprint density at radius 3 is 2.90 bits per heavy atom. The van der Waals surface area contributed by atoms with Crippen LogP contribution in [0.15, 0.2) is 12.3 Å².